The number of nitrogens with one attached hydrogen (secondary N) is 1. The van der Waals surface area contributed by atoms with Gasteiger partial charge in [-0.1, -0.05) is 43.0 Å². The zero-order valence-corrected chi connectivity index (χ0v) is 26.4. The predicted molar refractivity (Wildman–Crippen MR) is 169 cm³/mol. The molecule has 1 aromatic heterocycles. The lowest BCUT2D eigenvalue weighted by Crippen LogP contribution is -2.56. The van der Waals surface area contributed by atoms with Crippen LogP contribution in [0.2, 0.25) is 5.02 Å². The minimum atomic E-state index is -0.267. The maximum atomic E-state index is 14.3. The first-order valence-electron chi connectivity index (χ1n) is 16.9. The average Bonchev–Trinajstić information content (AvgIpc) is 3.56. The Labute approximate surface area is 261 Å². The highest BCUT2D eigenvalue weighted by Crippen LogP contribution is 2.47. The lowest BCUT2D eigenvalue weighted by atomic mass is 9.63. The number of carbonyl (C=O) groups is 2. The molecule has 1 atom stereocenters. The van der Waals surface area contributed by atoms with Gasteiger partial charge in [0.2, 0.25) is 11.8 Å². The second-order valence-corrected chi connectivity index (χ2v) is 14.2. The summed E-state index contributed by atoms with van der Waals surface area (Å²) in [6.45, 7) is 3.40. The van der Waals surface area contributed by atoms with Crippen LogP contribution in [0, 0.1) is 11.3 Å². The fourth-order valence-electron chi connectivity index (χ4n) is 8.57. The topological polar surface area (TPSA) is 83.4 Å². The van der Waals surface area contributed by atoms with Gasteiger partial charge in [-0.05, 0) is 99.7 Å². The Morgan fingerprint density at radius 3 is 2.37 bits per heavy atom. The SMILES string of the molecule is O=C([C@@H](Cc1ccc(Cl)cc1)N[C@H]1CC[C@@H](N2CCCCC2=O)CC1)N1CCC(Cn2cncn2)(C2CCCCC2)CC1. The highest BCUT2D eigenvalue weighted by atomic mass is 35.5. The van der Waals surface area contributed by atoms with Gasteiger partial charge < -0.3 is 15.1 Å². The van der Waals surface area contributed by atoms with Crippen molar-refractivity contribution in [3.05, 3.63) is 47.5 Å². The van der Waals surface area contributed by atoms with E-state index >= 15 is 0 Å². The molecule has 0 unspecified atom stereocenters. The minimum absolute atomic E-state index is 0.175. The van der Waals surface area contributed by atoms with Crippen LogP contribution in [0.15, 0.2) is 36.9 Å². The van der Waals surface area contributed by atoms with Crippen LogP contribution in [0.5, 0.6) is 0 Å². The first-order chi connectivity index (χ1) is 21.0. The third-order valence-corrected chi connectivity index (χ3v) is 11.3. The van der Waals surface area contributed by atoms with Gasteiger partial charge in [0, 0.05) is 49.7 Å². The lowest BCUT2D eigenvalue weighted by molar-refractivity contribution is -0.137. The summed E-state index contributed by atoms with van der Waals surface area (Å²) in [6, 6.07) is 8.31. The van der Waals surface area contributed by atoms with E-state index in [2.05, 4.69) is 25.2 Å². The fourth-order valence-corrected chi connectivity index (χ4v) is 8.69. The second kappa shape index (κ2) is 14.1. The summed E-state index contributed by atoms with van der Waals surface area (Å²) >= 11 is 6.19. The Morgan fingerprint density at radius 2 is 1.70 bits per heavy atom. The average molecular weight is 609 g/mol. The molecule has 3 heterocycles. The highest BCUT2D eigenvalue weighted by Gasteiger charge is 2.44. The number of benzene rings is 1. The monoisotopic (exact) mass is 608 g/mol. The number of aromatic nitrogens is 3. The molecule has 2 amide bonds. The van der Waals surface area contributed by atoms with Crippen LogP contribution in [0.1, 0.15) is 95.5 Å². The maximum Gasteiger partial charge on any atom is 0.240 e. The number of likely N-dealkylation sites (tertiary alicyclic amines) is 2. The van der Waals surface area contributed by atoms with Crippen molar-refractivity contribution in [2.75, 3.05) is 19.6 Å². The van der Waals surface area contributed by atoms with Crippen LogP contribution in [0.4, 0.5) is 0 Å². The van der Waals surface area contributed by atoms with Gasteiger partial charge in [0.1, 0.15) is 12.7 Å². The number of rotatable bonds is 9. The number of nitrogens with zero attached hydrogens (tertiary/aromatic N) is 5. The Hall–Kier alpha value is -2.45. The molecule has 2 aromatic rings. The van der Waals surface area contributed by atoms with Crippen LogP contribution in [-0.4, -0.2) is 74.1 Å². The van der Waals surface area contributed by atoms with E-state index in [9.17, 15) is 9.59 Å². The number of carbonyl (C=O) groups excluding carboxylic acids is 2. The zero-order valence-electron chi connectivity index (χ0n) is 25.6. The van der Waals surface area contributed by atoms with Crippen molar-refractivity contribution in [3.63, 3.8) is 0 Å². The molecule has 0 radical (unpaired) electrons. The number of hydrogen-bond donors (Lipinski definition) is 1. The molecule has 1 aromatic carbocycles. The molecule has 234 valence electrons. The first-order valence-corrected chi connectivity index (χ1v) is 17.3. The van der Waals surface area contributed by atoms with E-state index in [0.717, 1.165) is 83.1 Å². The first kappa shape index (κ1) is 30.6. The standard InChI is InChI=1S/C34H49ClN6O2/c35-28-11-9-26(10-12-28)22-31(38-29-13-15-30(16-14-29)41-19-5-4-8-32(41)42)33(43)39-20-17-34(18-21-39,23-40-25-36-24-37-40)27-6-2-1-3-7-27/h9-12,24-25,27,29-31,38H,1-8,13-23H2/t29-,30+,31-/m1/s1. The molecule has 4 fully saturated rings. The molecule has 0 bridgehead atoms. The third kappa shape index (κ3) is 7.44. The van der Waals surface area contributed by atoms with Gasteiger partial charge >= 0.3 is 0 Å². The molecule has 9 heteroatoms. The van der Waals surface area contributed by atoms with Crippen molar-refractivity contribution in [2.45, 2.75) is 121 Å². The summed E-state index contributed by atoms with van der Waals surface area (Å²) < 4.78 is 2.02. The molecular formula is C34H49ClN6O2. The molecular weight excluding hydrogens is 560 g/mol. The lowest BCUT2D eigenvalue weighted by Gasteiger charge is -2.48. The summed E-state index contributed by atoms with van der Waals surface area (Å²) in [7, 11) is 0. The molecule has 43 heavy (non-hydrogen) atoms. The van der Waals surface area contributed by atoms with Gasteiger partial charge in [0.15, 0.2) is 0 Å². The summed E-state index contributed by atoms with van der Waals surface area (Å²) in [5.41, 5.74) is 1.30. The van der Waals surface area contributed by atoms with E-state index in [1.54, 1.807) is 6.33 Å². The smallest absolute Gasteiger partial charge is 0.240 e. The van der Waals surface area contributed by atoms with E-state index in [-0.39, 0.29) is 23.4 Å². The highest BCUT2D eigenvalue weighted by molar-refractivity contribution is 6.30. The van der Waals surface area contributed by atoms with Gasteiger partial charge in [-0.2, -0.15) is 5.10 Å². The summed E-state index contributed by atoms with van der Waals surface area (Å²) in [5, 5.41) is 9.01. The van der Waals surface area contributed by atoms with Crippen LogP contribution in [-0.2, 0) is 22.6 Å². The summed E-state index contributed by atoms with van der Waals surface area (Å²) in [4.78, 5) is 35.3. The summed E-state index contributed by atoms with van der Waals surface area (Å²) in [6.07, 6.45) is 19.6. The fraction of sp³-hybridized carbons (Fsp3) is 0.706. The van der Waals surface area contributed by atoms with E-state index < -0.39 is 0 Å². The Bertz CT molecular complexity index is 1180. The predicted octanol–water partition coefficient (Wildman–Crippen LogP) is 5.65. The number of halogens is 1. The molecule has 4 aliphatic rings. The molecule has 0 spiro atoms. The molecule has 8 nitrogen and oxygen atoms in total. The van der Waals surface area contributed by atoms with E-state index in [1.807, 2.05) is 35.3 Å². The van der Waals surface area contributed by atoms with Gasteiger partial charge in [0.05, 0.1) is 6.04 Å². The van der Waals surface area contributed by atoms with Crippen molar-refractivity contribution in [3.8, 4) is 0 Å². The molecule has 2 saturated carbocycles. The minimum Gasteiger partial charge on any atom is -0.341 e. The largest absolute Gasteiger partial charge is 0.341 e. The van der Waals surface area contributed by atoms with Crippen LogP contribution < -0.4 is 5.32 Å². The molecule has 1 N–H and O–H groups in total. The molecule has 2 aliphatic carbocycles. The number of hydrogen-bond acceptors (Lipinski definition) is 5. The van der Waals surface area contributed by atoms with E-state index in [1.165, 1.54) is 32.1 Å². The van der Waals surface area contributed by atoms with Gasteiger partial charge in [-0.15, -0.1) is 0 Å². The second-order valence-electron chi connectivity index (χ2n) is 13.7. The van der Waals surface area contributed by atoms with E-state index in [4.69, 9.17) is 11.6 Å². The quantitative estimate of drug-likeness (QED) is 0.398. The van der Waals surface area contributed by atoms with Crippen molar-refractivity contribution < 1.29 is 9.59 Å². The van der Waals surface area contributed by atoms with Gasteiger partial charge in [0.25, 0.3) is 0 Å². The number of amides is 2. The Kier molecular flexibility index (Phi) is 10.0. The maximum absolute atomic E-state index is 14.3. The normalized spacial score (nSPS) is 25.9. The molecule has 6 rings (SSSR count). The molecule has 2 aliphatic heterocycles. The van der Waals surface area contributed by atoms with Crippen molar-refractivity contribution >= 4 is 23.4 Å². The summed E-state index contributed by atoms with van der Waals surface area (Å²) in [5.74, 6) is 1.24. The van der Waals surface area contributed by atoms with Crippen molar-refractivity contribution in [1.82, 2.24) is 29.9 Å². The third-order valence-electron chi connectivity index (χ3n) is 11.1. The zero-order chi connectivity index (χ0) is 29.6. The van der Waals surface area contributed by atoms with Crippen LogP contribution in [0.3, 0.4) is 0 Å². The molecule has 2 saturated heterocycles. The van der Waals surface area contributed by atoms with Crippen molar-refractivity contribution in [2.24, 2.45) is 11.3 Å². The van der Waals surface area contributed by atoms with E-state index in [0.29, 0.717) is 35.7 Å². The Morgan fingerprint density at radius 1 is 0.953 bits per heavy atom. The number of piperidine rings is 2. The van der Waals surface area contributed by atoms with Gasteiger partial charge in [-0.3, -0.25) is 14.3 Å². The van der Waals surface area contributed by atoms with Gasteiger partial charge in [-0.25, -0.2) is 4.98 Å². The van der Waals surface area contributed by atoms with Crippen LogP contribution in [0.25, 0.3) is 0 Å². The van der Waals surface area contributed by atoms with Crippen LogP contribution >= 0.6 is 11.6 Å². The van der Waals surface area contributed by atoms with Crippen molar-refractivity contribution in [1.29, 1.82) is 0 Å². The Balaban J connectivity index is 1.12.